The maximum absolute atomic E-state index is 6.27. The molecule has 1 fully saturated rings. The highest BCUT2D eigenvalue weighted by atomic mass is 16.5. The summed E-state index contributed by atoms with van der Waals surface area (Å²) in [6.45, 7) is 4.88. The van der Waals surface area contributed by atoms with Crippen LogP contribution in [0.1, 0.15) is 24.1 Å². The lowest BCUT2D eigenvalue weighted by Crippen LogP contribution is -2.37. The van der Waals surface area contributed by atoms with Crippen LogP contribution in [0.4, 0.5) is 0 Å². The van der Waals surface area contributed by atoms with Crippen LogP contribution >= 0.6 is 0 Å². The number of pyridine rings is 1. The molecule has 0 N–H and O–H groups in total. The van der Waals surface area contributed by atoms with Crippen molar-refractivity contribution in [2.75, 3.05) is 27.3 Å². The van der Waals surface area contributed by atoms with Crippen LogP contribution in [0, 0.1) is 6.92 Å². The Morgan fingerprint density at radius 3 is 2.45 bits per heavy atom. The molecule has 1 aromatic carbocycles. The molecular weight excluding hydrogens is 368 g/mol. The van der Waals surface area contributed by atoms with Crippen molar-refractivity contribution in [3.05, 3.63) is 41.7 Å². The van der Waals surface area contributed by atoms with Gasteiger partial charge in [-0.3, -0.25) is 9.58 Å². The van der Waals surface area contributed by atoms with E-state index in [2.05, 4.69) is 21.0 Å². The Morgan fingerprint density at radius 1 is 1.10 bits per heavy atom. The van der Waals surface area contributed by atoms with Crippen molar-refractivity contribution in [2.24, 2.45) is 7.05 Å². The fourth-order valence-electron chi connectivity index (χ4n) is 3.98. The third-order valence-corrected chi connectivity index (χ3v) is 5.53. The van der Waals surface area contributed by atoms with E-state index in [1.807, 2.05) is 43.0 Å². The summed E-state index contributed by atoms with van der Waals surface area (Å²) >= 11 is 0. The lowest BCUT2D eigenvalue weighted by molar-refractivity contribution is 0.0917. The van der Waals surface area contributed by atoms with Crippen LogP contribution in [0.5, 0.6) is 17.2 Å². The van der Waals surface area contributed by atoms with Gasteiger partial charge in [-0.15, -0.1) is 0 Å². The summed E-state index contributed by atoms with van der Waals surface area (Å²) in [5.41, 5.74) is 3.18. The number of hydrogen-bond acceptors (Lipinski definition) is 6. The number of likely N-dealkylation sites (tertiary alicyclic amines) is 1. The van der Waals surface area contributed by atoms with Crippen molar-refractivity contribution in [3.63, 3.8) is 0 Å². The molecule has 1 saturated heterocycles. The maximum atomic E-state index is 6.27. The largest absolute Gasteiger partial charge is 0.493 e. The van der Waals surface area contributed by atoms with Crippen molar-refractivity contribution in [1.29, 1.82) is 0 Å². The Hall–Kier alpha value is -2.80. The number of fused-ring (bicyclic) bond motifs is 1. The number of piperidine rings is 1. The van der Waals surface area contributed by atoms with Crippen LogP contribution in [0.3, 0.4) is 0 Å². The topological polar surface area (TPSA) is 61.6 Å². The predicted octanol–water partition coefficient (Wildman–Crippen LogP) is 3.34. The molecule has 7 nitrogen and oxygen atoms in total. The van der Waals surface area contributed by atoms with Gasteiger partial charge in [0.2, 0.25) is 5.75 Å². The number of aromatic nitrogens is 3. The summed E-state index contributed by atoms with van der Waals surface area (Å²) in [5, 5.41) is 5.59. The number of nitrogens with zero attached hydrogens (tertiary/aromatic N) is 4. The van der Waals surface area contributed by atoms with E-state index in [1.54, 1.807) is 14.2 Å². The minimum absolute atomic E-state index is 0.151. The molecule has 3 aromatic rings. The van der Waals surface area contributed by atoms with Crippen LogP contribution in [0.2, 0.25) is 0 Å². The SMILES string of the molecule is COc1cccc(OC)c1OC1CCN(Cc2cnc3c(c2)c(C)nn3C)CC1. The van der Waals surface area contributed by atoms with Gasteiger partial charge in [-0.05, 0) is 43.5 Å². The molecule has 29 heavy (non-hydrogen) atoms. The van der Waals surface area contributed by atoms with Crippen molar-refractivity contribution in [2.45, 2.75) is 32.4 Å². The van der Waals surface area contributed by atoms with Gasteiger partial charge >= 0.3 is 0 Å². The van der Waals surface area contributed by atoms with Gasteiger partial charge in [-0.1, -0.05) is 6.07 Å². The van der Waals surface area contributed by atoms with Gasteiger partial charge in [-0.25, -0.2) is 4.98 Å². The molecule has 0 spiro atoms. The van der Waals surface area contributed by atoms with Crippen molar-refractivity contribution < 1.29 is 14.2 Å². The second kappa shape index (κ2) is 8.29. The smallest absolute Gasteiger partial charge is 0.203 e. The van der Waals surface area contributed by atoms with Gasteiger partial charge in [0, 0.05) is 38.3 Å². The fraction of sp³-hybridized carbons (Fsp3) is 0.455. The molecule has 7 heteroatoms. The summed E-state index contributed by atoms with van der Waals surface area (Å²) in [6.07, 6.45) is 4.04. The maximum Gasteiger partial charge on any atom is 0.203 e. The molecule has 2 aromatic heterocycles. The van der Waals surface area contributed by atoms with Crippen molar-refractivity contribution in [1.82, 2.24) is 19.7 Å². The van der Waals surface area contributed by atoms with Crippen LogP contribution < -0.4 is 14.2 Å². The molecule has 0 radical (unpaired) electrons. The van der Waals surface area contributed by atoms with E-state index in [1.165, 1.54) is 5.56 Å². The van der Waals surface area contributed by atoms with Crippen LogP contribution in [-0.2, 0) is 13.6 Å². The summed E-state index contributed by atoms with van der Waals surface area (Å²) in [4.78, 5) is 7.05. The van der Waals surface area contributed by atoms with Crippen LogP contribution in [-0.4, -0.2) is 53.1 Å². The number of hydrogen-bond donors (Lipinski definition) is 0. The standard InChI is InChI=1S/C22H28N4O3/c1-15-18-12-16(13-23-22(18)25(2)24-15)14-26-10-8-17(9-11-26)29-21-19(27-3)6-5-7-20(21)28-4/h5-7,12-13,17H,8-11,14H2,1-4H3. The highest BCUT2D eigenvalue weighted by Crippen LogP contribution is 2.38. The van der Waals surface area contributed by atoms with Gasteiger partial charge in [0.05, 0.1) is 19.9 Å². The monoisotopic (exact) mass is 396 g/mol. The first kappa shape index (κ1) is 19.5. The number of ether oxygens (including phenoxy) is 3. The van der Waals surface area contributed by atoms with Crippen LogP contribution in [0.15, 0.2) is 30.5 Å². The summed E-state index contributed by atoms with van der Waals surface area (Å²) in [6, 6.07) is 7.92. The first-order chi connectivity index (χ1) is 14.1. The minimum atomic E-state index is 0.151. The zero-order valence-electron chi connectivity index (χ0n) is 17.5. The normalized spacial score (nSPS) is 15.6. The number of rotatable bonds is 6. The van der Waals surface area contributed by atoms with E-state index in [4.69, 9.17) is 14.2 Å². The minimum Gasteiger partial charge on any atom is -0.493 e. The van der Waals surface area contributed by atoms with E-state index >= 15 is 0 Å². The number of benzene rings is 1. The third-order valence-electron chi connectivity index (χ3n) is 5.53. The van der Waals surface area contributed by atoms with E-state index in [0.717, 1.165) is 49.2 Å². The first-order valence-corrected chi connectivity index (χ1v) is 9.97. The van der Waals surface area contributed by atoms with E-state index < -0.39 is 0 Å². The van der Waals surface area contributed by atoms with Gasteiger partial charge in [0.1, 0.15) is 6.10 Å². The van der Waals surface area contributed by atoms with Gasteiger partial charge in [-0.2, -0.15) is 5.10 Å². The predicted molar refractivity (Wildman–Crippen MR) is 112 cm³/mol. The van der Waals surface area contributed by atoms with E-state index in [0.29, 0.717) is 17.2 Å². The Bertz CT molecular complexity index is 971. The first-order valence-electron chi connectivity index (χ1n) is 9.97. The molecular formula is C22H28N4O3. The summed E-state index contributed by atoms with van der Waals surface area (Å²) in [7, 11) is 5.24. The second-order valence-corrected chi connectivity index (χ2v) is 7.51. The Kier molecular flexibility index (Phi) is 5.58. The molecule has 3 heterocycles. The highest BCUT2D eigenvalue weighted by Gasteiger charge is 2.23. The van der Waals surface area contributed by atoms with Gasteiger partial charge in [0.25, 0.3) is 0 Å². The molecule has 0 saturated carbocycles. The Morgan fingerprint density at radius 2 is 1.79 bits per heavy atom. The van der Waals surface area contributed by atoms with Gasteiger partial charge in [0.15, 0.2) is 17.1 Å². The highest BCUT2D eigenvalue weighted by molar-refractivity contribution is 5.78. The number of para-hydroxylation sites is 1. The van der Waals surface area contributed by atoms with Crippen LogP contribution in [0.25, 0.3) is 11.0 Å². The lowest BCUT2D eigenvalue weighted by atomic mass is 10.1. The third kappa shape index (κ3) is 4.00. The lowest BCUT2D eigenvalue weighted by Gasteiger charge is -2.32. The molecule has 1 aliphatic heterocycles. The molecule has 0 bridgehead atoms. The summed E-state index contributed by atoms with van der Waals surface area (Å²) in [5.74, 6) is 2.11. The molecule has 0 unspecified atom stereocenters. The zero-order valence-corrected chi connectivity index (χ0v) is 17.5. The average molecular weight is 396 g/mol. The molecule has 0 aliphatic carbocycles. The average Bonchev–Trinajstić information content (AvgIpc) is 3.02. The van der Waals surface area contributed by atoms with Crippen molar-refractivity contribution >= 4 is 11.0 Å². The van der Waals surface area contributed by atoms with Crippen molar-refractivity contribution in [3.8, 4) is 17.2 Å². The molecule has 0 atom stereocenters. The van der Waals surface area contributed by atoms with E-state index in [-0.39, 0.29) is 6.10 Å². The molecule has 1 aliphatic rings. The van der Waals surface area contributed by atoms with Gasteiger partial charge < -0.3 is 14.2 Å². The molecule has 4 rings (SSSR count). The number of aryl methyl sites for hydroxylation is 2. The molecule has 0 amide bonds. The van der Waals surface area contributed by atoms with E-state index in [9.17, 15) is 0 Å². The quantitative estimate of drug-likeness (QED) is 0.637. The number of methoxy groups -OCH3 is 2. The second-order valence-electron chi connectivity index (χ2n) is 7.51. The Labute approximate surface area is 171 Å². The zero-order chi connectivity index (χ0) is 20.4. The Balaban J connectivity index is 1.38. The fourth-order valence-corrected chi connectivity index (χ4v) is 3.98. The molecule has 154 valence electrons. The summed E-state index contributed by atoms with van der Waals surface area (Å²) < 4.78 is 19.0.